The van der Waals surface area contributed by atoms with Crippen LogP contribution in [0.1, 0.15) is 44.1 Å². The SMILES string of the molecule is COc1cc(N)cc(CN2CCCC2C2CCCC2)c1. The summed E-state index contributed by atoms with van der Waals surface area (Å²) in [5.41, 5.74) is 8.05. The van der Waals surface area contributed by atoms with Gasteiger partial charge < -0.3 is 10.5 Å². The van der Waals surface area contributed by atoms with Gasteiger partial charge in [-0.1, -0.05) is 12.8 Å². The number of nitrogens with two attached hydrogens (primary N) is 1. The number of hydrogen-bond donors (Lipinski definition) is 1. The second-order valence-corrected chi connectivity index (χ2v) is 6.34. The molecule has 0 aromatic heterocycles. The van der Waals surface area contributed by atoms with Gasteiger partial charge in [0.2, 0.25) is 0 Å². The van der Waals surface area contributed by atoms with E-state index in [2.05, 4.69) is 17.0 Å². The van der Waals surface area contributed by atoms with Crippen LogP contribution in [0.3, 0.4) is 0 Å². The van der Waals surface area contributed by atoms with E-state index in [1.165, 1.54) is 50.6 Å². The molecule has 3 heteroatoms. The van der Waals surface area contributed by atoms with Gasteiger partial charge in [-0.2, -0.15) is 0 Å². The van der Waals surface area contributed by atoms with Gasteiger partial charge in [-0.15, -0.1) is 0 Å². The van der Waals surface area contributed by atoms with E-state index >= 15 is 0 Å². The van der Waals surface area contributed by atoms with Gasteiger partial charge in [0, 0.05) is 24.3 Å². The fourth-order valence-corrected chi connectivity index (χ4v) is 4.05. The molecule has 1 aliphatic carbocycles. The molecule has 1 aliphatic heterocycles. The van der Waals surface area contributed by atoms with Crippen LogP contribution in [-0.2, 0) is 6.54 Å². The summed E-state index contributed by atoms with van der Waals surface area (Å²) < 4.78 is 5.33. The molecule has 2 N–H and O–H groups in total. The molecule has 0 amide bonds. The third-order valence-electron chi connectivity index (χ3n) is 4.97. The van der Waals surface area contributed by atoms with Gasteiger partial charge >= 0.3 is 0 Å². The molecular formula is C17H26N2O. The van der Waals surface area contributed by atoms with Crippen LogP contribution >= 0.6 is 0 Å². The predicted octanol–water partition coefficient (Wildman–Crippen LogP) is 3.43. The topological polar surface area (TPSA) is 38.5 Å². The molecule has 2 aliphatic rings. The van der Waals surface area contributed by atoms with Crippen LogP contribution in [-0.4, -0.2) is 24.6 Å². The smallest absolute Gasteiger partial charge is 0.121 e. The Labute approximate surface area is 122 Å². The molecule has 1 saturated carbocycles. The first kappa shape index (κ1) is 13.7. The number of ether oxygens (including phenoxy) is 1. The van der Waals surface area contributed by atoms with Crippen molar-refractivity contribution in [2.45, 2.75) is 51.1 Å². The van der Waals surface area contributed by atoms with Crippen LogP contribution in [0.4, 0.5) is 5.69 Å². The number of benzene rings is 1. The van der Waals surface area contributed by atoms with Gasteiger partial charge in [-0.3, -0.25) is 4.90 Å². The van der Waals surface area contributed by atoms with Gasteiger partial charge in [0.05, 0.1) is 7.11 Å². The molecular weight excluding hydrogens is 248 g/mol. The lowest BCUT2D eigenvalue weighted by Gasteiger charge is -2.29. The molecule has 1 aromatic rings. The number of methoxy groups -OCH3 is 1. The van der Waals surface area contributed by atoms with E-state index in [9.17, 15) is 0 Å². The van der Waals surface area contributed by atoms with E-state index in [0.717, 1.165) is 29.9 Å². The third kappa shape index (κ3) is 2.93. The van der Waals surface area contributed by atoms with E-state index in [4.69, 9.17) is 10.5 Å². The number of anilines is 1. The Kier molecular flexibility index (Phi) is 4.16. The lowest BCUT2D eigenvalue weighted by molar-refractivity contribution is 0.183. The molecule has 20 heavy (non-hydrogen) atoms. The van der Waals surface area contributed by atoms with Crippen molar-refractivity contribution in [1.82, 2.24) is 4.90 Å². The average Bonchev–Trinajstić information content (AvgIpc) is 3.08. The highest BCUT2D eigenvalue weighted by Crippen LogP contribution is 2.36. The summed E-state index contributed by atoms with van der Waals surface area (Å²) in [4.78, 5) is 2.67. The zero-order valence-electron chi connectivity index (χ0n) is 12.5. The van der Waals surface area contributed by atoms with Crippen LogP contribution in [0, 0.1) is 5.92 Å². The highest BCUT2D eigenvalue weighted by atomic mass is 16.5. The third-order valence-corrected chi connectivity index (χ3v) is 4.97. The molecule has 0 radical (unpaired) electrons. The highest BCUT2D eigenvalue weighted by molar-refractivity contribution is 5.47. The Morgan fingerprint density at radius 1 is 1.15 bits per heavy atom. The van der Waals surface area contributed by atoms with Crippen LogP contribution in [0.2, 0.25) is 0 Å². The molecule has 3 rings (SSSR count). The Balaban J connectivity index is 1.71. The van der Waals surface area contributed by atoms with E-state index in [0.29, 0.717) is 0 Å². The fraction of sp³-hybridized carbons (Fsp3) is 0.647. The summed E-state index contributed by atoms with van der Waals surface area (Å²) in [6.07, 6.45) is 8.45. The summed E-state index contributed by atoms with van der Waals surface area (Å²) in [5.74, 6) is 1.80. The highest BCUT2D eigenvalue weighted by Gasteiger charge is 2.33. The van der Waals surface area contributed by atoms with Gasteiger partial charge in [-0.25, -0.2) is 0 Å². The van der Waals surface area contributed by atoms with Crippen molar-refractivity contribution < 1.29 is 4.74 Å². The first-order chi connectivity index (χ1) is 9.76. The maximum Gasteiger partial charge on any atom is 0.121 e. The zero-order chi connectivity index (χ0) is 13.9. The molecule has 0 bridgehead atoms. The van der Waals surface area contributed by atoms with Crippen LogP contribution < -0.4 is 10.5 Å². The van der Waals surface area contributed by atoms with Crippen LogP contribution in [0.15, 0.2) is 18.2 Å². The van der Waals surface area contributed by atoms with E-state index in [1.807, 2.05) is 6.07 Å². The van der Waals surface area contributed by atoms with Crippen molar-refractivity contribution in [3.63, 3.8) is 0 Å². The maximum absolute atomic E-state index is 5.97. The first-order valence-corrected chi connectivity index (χ1v) is 7.94. The van der Waals surface area contributed by atoms with Crippen molar-refractivity contribution in [3.8, 4) is 5.75 Å². The van der Waals surface area contributed by atoms with E-state index < -0.39 is 0 Å². The molecule has 1 aromatic carbocycles. The molecule has 0 spiro atoms. The summed E-state index contributed by atoms with van der Waals surface area (Å²) in [6.45, 7) is 2.25. The lowest BCUT2D eigenvalue weighted by Crippen LogP contribution is -2.34. The van der Waals surface area contributed by atoms with Crippen LogP contribution in [0.25, 0.3) is 0 Å². The van der Waals surface area contributed by atoms with E-state index in [-0.39, 0.29) is 0 Å². The molecule has 1 atom stereocenters. The van der Waals surface area contributed by atoms with Crippen molar-refractivity contribution in [3.05, 3.63) is 23.8 Å². The van der Waals surface area contributed by atoms with Gasteiger partial charge in [0.25, 0.3) is 0 Å². The van der Waals surface area contributed by atoms with Crippen LogP contribution in [0.5, 0.6) is 5.75 Å². The normalized spacial score (nSPS) is 24.4. The van der Waals surface area contributed by atoms with E-state index in [1.54, 1.807) is 7.11 Å². The lowest BCUT2D eigenvalue weighted by atomic mass is 9.96. The molecule has 2 fully saturated rings. The minimum atomic E-state index is 0.796. The monoisotopic (exact) mass is 274 g/mol. The minimum Gasteiger partial charge on any atom is -0.497 e. The van der Waals surface area contributed by atoms with Crippen molar-refractivity contribution in [2.24, 2.45) is 5.92 Å². The standard InChI is InChI=1S/C17H26N2O/c1-20-16-10-13(9-15(18)11-16)12-19-8-4-7-17(19)14-5-2-3-6-14/h9-11,14,17H,2-8,12,18H2,1H3. The van der Waals surface area contributed by atoms with Gasteiger partial charge in [0.15, 0.2) is 0 Å². The number of nitrogens with zero attached hydrogens (tertiary/aromatic N) is 1. The molecule has 3 nitrogen and oxygen atoms in total. The van der Waals surface area contributed by atoms with Gasteiger partial charge in [0.1, 0.15) is 5.75 Å². The average molecular weight is 274 g/mol. The summed E-state index contributed by atoms with van der Waals surface area (Å²) >= 11 is 0. The second-order valence-electron chi connectivity index (χ2n) is 6.34. The molecule has 1 heterocycles. The maximum atomic E-state index is 5.97. The zero-order valence-corrected chi connectivity index (χ0v) is 12.5. The molecule has 1 saturated heterocycles. The Morgan fingerprint density at radius 2 is 1.95 bits per heavy atom. The van der Waals surface area contributed by atoms with Gasteiger partial charge in [-0.05, 0) is 55.8 Å². The molecule has 1 unspecified atom stereocenters. The molecule has 110 valence electrons. The fourth-order valence-electron chi connectivity index (χ4n) is 4.05. The Bertz CT molecular complexity index is 454. The number of nitrogen functional groups attached to an aromatic ring is 1. The number of rotatable bonds is 4. The summed E-state index contributed by atoms with van der Waals surface area (Å²) in [7, 11) is 1.70. The Morgan fingerprint density at radius 3 is 2.70 bits per heavy atom. The Hall–Kier alpha value is -1.22. The minimum absolute atomic E-state index is 0.796. The number of likely N-dealkylation sites (tertiary alicyclic amines) is 1. The summed E-state index contributed by atoms with van der Waals surface area (Å²) in [6, 6.07) is 6.90. The predicted molar refractivity (Wildman–Crippen MR) is 82.8 cm³/mol. The number of hydrogen-bond acceptors (Lipinski definition) is 3. The summed E-state index contributed by atoms with van der Waals surface area (Å²) in [5, 5.41) is 0. The largest absolute Gasteiger partial charge is 0.497 e. The van der Waals surface area contributed by atoms with Crippen molar-refractivity contribution >= 4 is 5.69 Å². The van der Waals surface area contributed by atoms with Crippen molar-refractivity contribution in [2.75, 3.05) is 19.4 Å². The second kappa shape index (κ2) is 6.04. The van der Waals surface area contributed by atoms with Crippen molar-refractivity contribution in [1.29, 1.82) is 0 Å². The first-order valence-electron chi connectivity index (χ1n) is 7.94. The quantitative estimate of drug-likeness (QED) is 0.855.